The summed E-state index contributed by atoms with van der Waals surface area (Å²) in [6.07, 6.45) is 2.93. The number of aromatic nitrogens is 2. The molecule has 1 saturated heterocycles. The maximum absolute atomic E-state index is 11.7. The molecular formula is C22H24IN5O2S2. The number of aryl methyl sites for hydroxylation is 3. The molecule has 1 fully saturated rings. The molecule has 0 aliphatic carbocycles. The van der Waals surface area contributed by atoms with E-state index in [0.717, 1.165) is 38.2 Å². The third kappa shape index (κ3) is 4.35. The second-order valence-electron chi connectivity index (χ2n) is 7.97. The van der Waals surface area contributed by atoms with Crippen LogP contribution in [0.15, 0.2) is 42.6 Å². The first-order valence-electron chi connectivity index (χ1n) is 10.0. The highest BCUT2D eigenvalue weighted by molar-refractivity contribution is 14.1. The number of hydrogen-bond acceptors (Lipinski definition) is 4. The third-order valence-corrected chi connectivity index (χ3v) is 7.82. The molecule has 7 nitrogen and oxygen atoms in total. The Hall–Kier alpha value is -2.18. The van der Waals surface area contributed by atoms with E-state index in [2.05, 4.69) is 61.3 Å². The van der Waals surface area contributed by atoms with E-state index >= 15 is 0 Å². The van der Waals surface area contributed by atoms with Gasteiger partial charge in [0.2, 0.25) is 10.0 Å². The minimum Gasteiger partial charge on any atom is -0.362 e. The molecule has 3 N–H and O–H groups in total. The Bertz CT molecular complexity index is 1290. The van der Waals surface area contributed by atoms with Gasteiger partial charge in [0.25, 0.3) is 0 Å². The average Bonchev–Trinajstić information content (AvgIpc) is 3.18. The van der Waals surface area contributed by atoms with Crippen molar-refractivity contribution in [2.24, 2.45) is 0 Å². The van der Waals surface area contributed by atoms with Gasteiger partial charge in [-0.1, -0.05) is 6.07 Å². The predicted molar refractivity (Wildman–Crippen MR) is 141 cm³/mol. The van der Waals surface area contributed by atoms with E-state index in [4.69, 9.17) is 12.2 Å². The Labute approximate surface area is 207 Å². The SMILES string of the molecule is Cc1cc(N2C(=S)N[C@@H](c3ccccn3)[C@@H]2c2c(C)[nH]c(C)c2I)ccc1NS(C)(=O)=O. The average molecular weight is 582 g/mol. The number of aromatic amines is 1. The van der Waals surface area contributed by atoms with Crippen LogP contribution < -0.4 is 14.9 Å². The minimum atomic E-state index is -3.36. The molecule has 1 aliphatic heterocycles. The molecule has 168 valence electrons. The normalized spacial score (nSPS) is 18.7. The van der Waals surface area contributed by atoms with Crippen molar-refractivity contribution in [3.05, 3.63) is 74.4 Å². The summed E-state index contributed by atoms with van der Waals surface area (Å²) in [6, 6.07) is 11.2. The maximum Gasteiger partial charge on any atom is 0.229 e. The molecule has 4 rings (SSSR count). The van der Waals surface area contributed by atoms with Crippen molar-refractivity contribution in [1.82, 2.24) is 15.3 Å². The lowest BCUT2D eigenvalue weighted by Gasteiger charge is -2.29. The van der Waals surface area contributed by atoms with Crippen molar-refractivity contribution in [1.29, 1.82) is 0 Å². The molecule has 0 spiro atoms. The summed E-state index contributed by atoms with van der Waals surface area (Å²) < 4.78 is 27.1. The molecule has 3 aromatic rings. The van der Waals surface area contributed by atoms with E-state index < -0.39 is 10.0 Å². The van der Waals surface area contributed by atoms with Crippen molar-refractivity contribution in [3.8, 4) is 0 Å². The van der Waals surface area contributed by atoms with Crippen molar-refractivity contribution in [3.63, 3.8) is 0 Å². The molecule has 3 heterocycles. The highest BCUT2D eigenvalue weighted by Gasteiger charge is 2.43. The van der Waals surface area contributed by atoms with Crippen LogP contribution in [-0.4, -0.2) is 29.8 Å². The fraction of sp³-hybridized carbons (Fsp3) is 0.273. The first kappa shape index (κ1) is 23.0. The zero-order chi connectivity index (χ0) is 23.2. The maximum atomic E-state index is 11.7. The Morgan fingerprint density at radius 2 is 1.91 bits per heavy atom. The van der Waals surface area contributed by atoms with Crippen LogP contribution in [-0.2, 0) is 10.0 Å². The molecule has 1 aliphatic rings. The topological polar surface area (TPSA) is 90.1 Å². The van der Waals surface area contributed by atoms with Gasteiger partial charge < -0.3 is 15.2 Å². The molecule has 0 saturated carbocycles. The Balaban J connectivity index is 1.84. The van der Waals surface area contributed by atoms with Crippen LogP contribution in [0.3, 0.4) is 0 Å². The first-order chi connectivity index (χ1) is 15.1. The monoisotopic (exact) mass is 581 g/mol. The summed E-state index contributed by atoms with van der Waals surface area (Å²) in [7, 11) is -3.36. The highest BCUT2D eigenvalue weighted by Crippen LogP contribution is 2.45. The number of halogens is 1. The fourth-order valence-electron chi connectivity index (χ4n) is 4.16. The quantitative estimate of drug-likeness (QED) is 0.304. The summed E-state index contributed by atoms with van der Waals surface area (Å²) in [5.41, 5.74) is 6.52. The largest absolute Gasteiger partial charge is 0.362 e. The molecule has 0 unspecified atom stereocenters. The lowest BCUT2D eigenvalue weighted by molar-refractivity contribution is 0.564. The van der Waals surface area contributed by atoms with E-state index in [1.807, 2.05) is 37.3 Å². The molecule has 0 bridgehead atoms. The van der Waals surface area contributed by atoms with Crippen LogP contribution in [0.4, 0.5) is 11.4 Å². The summed E-state index contributed by atoms with van der Waals surface area (Å²) in [4.78, 5) is 10.2. The number of rotatable bonds is 5. The molecule has 32 heavy (non-hydrogen) atoms. The number of H-pyrrole nitrogens is 1. The van der Waals surface area contributed by atoms with Crippen LogP contribution in [0.5, 0.6) is 0 Å². The smallest absolute Gasteiger partial charge is 0.229 e. The number of nitrogens with zero attached hydrogens (tertiary/aromatic N) is 2. The van der Waals surface area contributed by atoms with Gasteiger partial charge in [-0.05, 0) is 91.5 Å². The molecule has 2 atom stereocenters. The number of sulfonamides is 1. The van der Waals surface area contributed by atoms with Crippen LogP contribution >= 0.6 is 34.8 Å². The zero-order valence-corrected chi connectivity index (χ0v) is 21.9. The van der Waals surface area contributed by atoms with E-state index in [0.29, 0.717) is 10.8 Å². The minimum absolute atomic E-state index is 0.123. The van der Waals surface area contributed by atoms with Crippen molar-refractivity contribution < 1.29 is 8.42 Å². The van der Waals surface area contributed by atoms with Gasteiger partial charge in [-0.15, -0.1) is 0 Å². The van der Waals surface area contributed by atoms with Gasteiger partial charge in [-0.25, -0.2) is 8.42 Å². The van der Waals surface area contributed by atoms with Gasteiger partial charge in [0.1, 0.15) is 0 Å². The van der Waals surface area contributed by atoms with Crippen LogP contribution in [0.1, 0.15) is 40.3 Å². The predicted octanol–water partition coefficient (Wildman–Crippen LogP) is 4.49. The van der Waals surface area contributed by atoms with Crippen LogP contribution in [0, 0.1) is 24.3 Å². The standard InChI is InChI=1S/C22H24IN5O2S2/c1-12-11-15(8-9-16(12)27-32(4,29)30)28-21(18-13(2)25-14(3)19(18)23)20(26-22(28)31)17-7-5-6-10-24-17/h5-11,20-21,25,27H,1-4H3,(H,26,31)/t20-,21-/m0/s1. The first-order valence-corrected chi connectivity index (χ1v) is 13.4. The Morgan fingerprint density at radius 3 is 2.47 bits per heavy atom. The van der Waals surface area contributed by atoms with E-state index in [9.17, 15) is 8.42 Å². The zero-order valence-electron chi connectivity index (χ0n) is 18.1. The van der Waals surface area contributed by atoms with Gasteiger partial charge >= 0.3 is 0 Å². The number of anilines is 2. The van der Waals surface area contributed by atoms with Crippen molar-refractivity contribution >= 4 is 61.3 Å². The van der Waals surface area contributed by atoms with Crippen molar-refractivity contribution in [2.45, 2.75) is 32.9 Å². The van der Waals surface area contributed by atoms with E-state index in [1.165, 1.54) is 5.56 Å². The number of nitrogens with one attached hydrogen (secondary N) is 3. The van der Waals surface area contributed by atoms with Gasteiger partial charge in [0.15, 0.2) is 5.11 Å². The van der Waals surface area contributed by atoms with Crippen LogP contribution in [0.25, 0.3) is 0 Å². The third-order valence-electron chi connectivity index (χ3n) is 5.52. The van der Waals surface area contributed by atoms with Crippen molar-refractivity contribution in [2.75, 3.05) is 15.9 Å². The van der Waals surface area contributed by atoms with Gasteiger partial charge in [0, 0.05) is 32.4 Å². The number of hydrogen-bond donors (Lipinski definition) is 3. The Kier molecular flexibility index (Phi) is 6.21. The molecule has 0 amide bonds. The molecule has 1 aromatic carbocycles. The van der Waals surface area contributed by atoms with Gasteiger partial charge in [-0.2, -0.15) is 0 Å². The van der Waals surface area contributed by atoms with Gasteiger partial charge in [0.05, 0.1) is 29.7 Å². The summed E-state index contributed by atoms with van der Waals surface area (Å²) in [5, 5.41) is 4.07. The lowest BCUT2D eigenvalue weighted by Crippen LogP contribution is -2.30. The van der Waals surface area contributed by atoms with Gasteiger partial charge in [-0.3, -0.25) is 9.71 Å². The highest BCUT2D eigenvalue weighted by atomic mass is 127. The molecular weight excluding hydrogens is 557 g/mol. The number of pyridine rings is 1. The molecule has 2 aromatic heterocycles. The summed E-state index contributed by atoms with van der Waals surface area (Å²) in [5.74, 6) is 0. The second-order valence-corrected chi connectivity index (χ2v) is 11.2. The molecule has 0 radical (unpaired) electrons. The van der Waals surface area contributed by atoms with E-state index in [-0.39, 0.29) is 12.1 Å². The second kappa shape index (κ2) is 8.64. The summed E-state index contributed by atoms with van der Waals surface area (Å²) >= 11 is 8.18. The summed E-state index contributed by atoms with van der Waals surface area (Å²) in [6.45, 7) is 6.02. The Morgan fingerprint density at radius 1 is 1.16 bits per heavy atom. The fourth-order valence-corrected chi connectivity index (χ4v) is 5.99. The lowest BCUT2D eigenvalue weighted by atomic mass is 9.96. The number of benzene rings is 1. The van der Waals surface area contributed by atoms with E-state index in [1.54, 1.807) is 12.3 Å². The number of thiocarbonyl (C=S) groups is 1. The molecule has 10 heteroatoms. The van der Waals surface area contributed by atoms with Crippen LogP contribution in [0.2, 0.25) is 0 Å².